The Morgan fingerprint density at radius 3 is 2.12 bits per heavy atom. The first-order chi connectivity index (χ1) is 7.25. The molecule has 0 N–H and O–H groups in total. The lowest BCUT2D eigenvalue weighted by molar-refractivity contribution is 0.115. The molecule has 0 saturated carbocycles. The zero-order valence-electron chi connectivity index (χ0n) is 8.80. The zero-order valence-corrected chi connectivity index (χ0v) is 12.6. The molecule has 1 rings (SSSR count). The van der Waals surface area contributed by atoms with Gasteiger partial charge in [-0.25, -0.2) is 0 Å². The Balaban J connectivity index is 2.94. The summed E-state index contributed by atoms with van der Waals surface area (Å²) in [6, 6.07) is 0. The molecule has 8 heteroatoms. The summed E-state index contributed by atoms with van der Waals surface area (Å²) in [7, 11) is 0. The van der Waals surface area contributed by atoms with Crippen LogP contribution in [0.4, 0.5) is 0 Å². The van der Waals surface area contributed by atoms with Crippen LogP contribution in [-0.2, 0) is 0 Å². The Bertz CT molecular complexity index is 275. The lowest BCUT2D eigenvalue weighted by Crippen LogP contribution is -2.54. The number of hydrogen-bond acceptors (Lipinski definition) is 3. The fraction of sp³-hybridized carbons (Fsp3) is 0.875. The van der Waals surface area contributed by atoms with Crippen molar-refractivity contribution >= 4 is 64.3 Å². The number of hydrogen-bond donors (Lipinski definition) is 0. The van der Waals surface area contributed by atoms with E-state index in [2.05, 4.69) is 5.10 Å². The van der Waals surface area contributed by atoms with E-state index in [1.807, 2.05) is 18.9 Å². The highest BCUT2D eigenvalue weighted by Gasteiger charge is 2.53. The quantitative estimate of drug-likeness (QED) is 0.580. The van der Waals surface area contributed by atoms with Gasteiger partial charge in [0, 0.05) is 6.54 Å². The first kappa shape index (κ1) is 14.8. The molecule has 0 aromatic carbocycles. The van der Waals surface area contributed by atoms with Crippen LogP contribution in [0.1, 0.15) is 20.3 Å². The molecule has 0 amide bonds. The van der Waals surface area contributed by atoms with Gasteiger partial charge in [-0.2, -0.15) is 5.10 Å². The van der Waals surface area contributed by atoms with Crippen LogP contribution in [0.5, 0.6) is 0 Å². The molecular formula is C8H12Cl5N3. The average Bonchev–Trinajstić information content (AvgIpc) is 2.58. The van der Waals surface area contributed by atoms with Crippen LogP contribution < -0.4 is 0 Å². The number of hydrazone groups is 1. The van der Waals surface area contributed by atoms with Gasteiger partial charge in [0.2, 0.25) is 8.25 Å². The molecule has 1 aliphatic rings. The number of alkyl halides is 5. The lowest BCUT2D eigenvalue weighted by Gasteiger charge is -2.40. The smallest absolute Gasteiger partial charge is 0.241 e. The van der Waals surface area contributed by atoms with Crippen molar-refractivity contribution in [2.75, 3.05) is 6.54 Å². The van der Waals surface area contributed by atoms with Gasteiger partial charge >= 0.3 is 0 Å². The minimum atomic E-state index is -1.82. The van der Waals surface area contributed by atoms with Gasteiger partial charge in [0.05, 0.1) is 0 Å². The second-order valence-electron chi connectivity index (χ2n) is 3.32. The Labute approximate surface area is 120 Å². The molecule has 1 unspecified atom stereocenters. The van der Waals surface area contributed by atoms with E-state index in [0.29, 0.717) is 0 Å². The summed E-state index contributed by atoms with van der Waals surface area (Å²) in [5.41, 5.74) is 0. The van der Waals surface area contributed by atoms with E-state index >= 15 is 0 Å². The predicted octanol–water partition coefficient (Wildman–Crippen LogP) is 3.80. The van der Waals surface area contributed by atoms with Gasteiger partial charge in [-0.3, -0.25) is 5.01 Å². The molecule has 1 atom stereocenters. The van der Waals surface area contributed by atoms with Gasteiger partial charge < -0.3 is 4.90 Å². The van der Waals surface area contributed by atoms with Crippen molar-refractivity contribution < 1.29 is 0 Å². The van der Waals surface area contributed by atoms with E-state index in [4.69, 9.17) is 58.0 Å². The zero-order chi connectivity index (χ0) is 12.6. The Kier molecular flexibility index (Phi) is 4.76. The highest BCUT2D eigenvalue weighted by molar-refractivity contribution is 6.75. The minimum Gasteiger partial charge on any atom is -0.304 e. The van der Waals surface area contributed by atoms with Gasteiger partial charge in [0.1, 0.15) is 12.5 Å². The maximum atomic E-state index is 6.09. The van der Waals surface area contributed by atoms with Crippen LogP contribution in [0.2, 0.25) is 0 Å². The molecule has 16 heavy (non-hydrogen) atoms. The van der Waals surface area contributed by atoms with Crippen LogP contribution in [-0.4, -0.2) is 37.2 Å². The van der Waals surface area contributed by atoms with Crippen LogP contribution in [0.25, 0.3) is 0 Å². The molecular weight excluding hydrogens is 315 g/mol. The Morgan fingerprint density at radius 2 is 1.75 bits per heavy atom. The highest BCUT2D eigenvalue weighted by atomic mass is 35.6. The monoisotopic (exact) mass is 325 g/mol. The van der Waals surface area contributed by atoms with Crippen molar-refractivity contribution in [3.05, 3.63) is 0 Å². The fourth-order valence-corrected chi connectivity index (χ4v) is 2.13. The van der Waals surface area contributed by atoms with Gasteiger partial charge in [-0.05, 0) is 13.3 Å². The van der Waals surface area contributed by atoms with Crippen molar-refractivity contribution in [2.24, 2.45) is 5.10 Å². The van der Waals surface area contributed by atoms with Crippen molar-refractivity contribution in [1.82, 2.24) is 9.91 Å². The van der Waals surface area contributed by atoms with Gasteiger partial charge in [0.25, 0.3) is 0 Å². The predicted molar refractivity (Wildman–Crippen MR) is 71.5 cm³/mol. The van der Waals surface area contributed by atoms with Crippen LogP contribution in [0.3, 0.4) is 0 Å². The van der Waals surface area contributed by atoms with Crippen LogP contribution >= 0.6 is 58.0 Å². The molecule has 0 aromatic rings. The summed E-state index contributed by atoms with van der Waals surface area (Å²) >= 11 is 29.5. The van der Waals surface area contributed by atoms with E-state index < -0.39 is 8.25 Å². The number of rotatable bonds is 3. The van der Waals surface area contributed by atoms with Crippen molar-refractivity contribution in [2.45, 2.75) is 34.7 Å². The number of nitrogens with zero attached hydrogens (tertiary/aromatic N) is 3. The molecule has 0 radical (unpaired) electrons. The minimum absolute atomic E-state index is 0.101. The molecule has 3 nitrogen and oxygen atoms in total. The van der Waals surface area contributed by atoms with Crippen molar-refractivity contribution in [3.63, 3.8) is 0 Å². The molecule has 0 aromatic heterocycles. The van der Waals surface area contributed by atoms with Gasteiger partial charge in [0.15, 0.2) is 0 Å². The molecule has 0 saturated heterocycles. The Morgan fingerprint density at radius 1 is 1.19 bits per heavy atom. The summed E-state index contributed by atoms with van der Waals surface area (Å²) in [4.78, 5) is 1.55. The maximum absolute atomic E-state index is 6.09. The summed E-state index contributed by atoms with van der Waals surface area (Å²) in [5.74, 6) is 0. The van der Waals surface area contributed by atoms with E-state index in [9.17, 15) is 0 Å². The third-order valence-corrected chi connectivity index (χ3v) is 4.70. The van der Waals surface area contributed by atoms with Crippen molar-refractivity contribution in [3.8, 4) is 0 Å². The topological polar surface area (TPSA) is 18.8 Å². The Hall–Kier alpha value is 0.720. The second kappa shape index (κ2) is 5.15. The van der Waals surface area contributed by atoms with Gasteiger partial charge in [-0.1, -0.05) is 64.9 Å². The molecule has 0 fully saturated rings. The average molecular weight is 327 g/mol. The summed E-state index contributed by atoms with van der Waals surface area (Å²) in [6.45, 7) is 4.69. The van der Waals surface area contributed by atoms with E-state index in [-0.39, 0.29) is 6.17 Å². The van der Waals surface area contributed by atoms with E-state index in [1.54, 1.807) is 4.90 Å². The second-order valence-corrected chi connectivity index (χ2v) is 6.89. The molecule has 0 bridgehead atoms. The van der Waals surface area contributed by atoms with E-state index in [1.165, 1.54) is 6.34 Å². The van der Waals surface area contributed by atoms with Gasteiger partial charge in [-0.15, -0.1) is 0 Å². The lowest BCUT2D eigenvalue weighted by atomic mass is 10.3. The van der Waals surface area contributed by atoms with Crippen LogP contribution in [0, 0.1) is 0 Å². The number of halogens is 5. The third-order valence-electron chi connectivity index (χ3n) is 2.34. The first-order valence-corrected chi connectivity index (χ1v) is 6.68. The summed E-state index contributed by atoms with van der Waals surface area (Å²) in [6.07, 6.45) is 2.16. The van der Waals surface area contributed by atoms with Crippen LogP contribution in [0.15, 0.2) is 5.10 Å². The largest absolute Gasteiger partial charge is 0.304 e. The van der Waals surface area contributed by atoms with E-state index in [0.717, 1.165) is 13.0 Å². The summed E-state index contributed by atoms with van der Waals surface area (Å²) in [5, 5.41) is 5.99. The fourth-order valence-electron chi connectivity index (χ4n) is 1.53. The molecule has 1 aliphatic heterocycles. The molecule has 94 valence electrons. The third kappa shape index (κ3) is 2.59. The van der Waals surface area contributed by atoms with Crippen molar-refractivity contribution in [1.29, 1.82) is 0 Å². The first-order valence-electron chi connectivity index (χ1n) is 4.79. The normalized spacial score (nSPS) is 22.1. The SMILES string of the molecule is CCC1N(CC)N=CN1C(Cl)(Cl)C(Cl)(Cl)Cl. The standard InChI is InChI=1S/C8H12Cl5N3/c1-3-6-15(5-14-16(6)4-2)8(12,13)7(9,10)11/h5-6H,3-4H2,1-2H3. The highest BCUT2D eigenvalue weighted by Crippen LogP contribution is 2.49. The summed E-state index contributed by atoms with van der Waals surface area (Å²) < 4.78 is -3.47. The molecule has 1 heterocycles. The molecule has 0 spiro atoms. The molecule has 0 aliphatic carbocycles. The maximum Gasteiger partial charge on any atom is 0.241 e.